The first-order valence-electron chi connectivity index (χ1n) is 2.76. The van der Waals surface area contributed by atoms with Crippen LogP contribution in [0.4, 0.5) is 0 Å². The minimum Gasteiger partial charge on any atom is -0.284 e. The summed E-state index contributed by atoms with van der Waals surface area (Å²) in [7, 11) is 0. The van der Waals surface area contributed by atoms with Gasteiger partial charge in [-0.3, -0.25) is 9.59 Å². The van der Waals surface area contributed by atoms with Crippen LogP contribution in [0.15, 0.2) is 40.1 Å². The third kappa shape index (κ3) is 1.48. The summed E-state index contributed by atoms with van der Waals surface area (Å²) in [4.78, 5) is 24.4. The fourth-order valence-corrected chi connectivity index (χ4v) is 0.502. The Kier molecular flexibility index (Phi) is 1.89. The molecule has 0 amide bonds. The lowest BCUT2D eigenvalue weighted by atomic mass is 10.4. The van der Waals surface area contributed by atoms with Crippen molar-refractivity contribution in [1.82, 2.24) is 4.98 Å². The summed E-state index contributed by atoms with van der Waals surface area (Å²) in [6.07, 6.45) is 1.30. The lowest BCUT2D eigenvalue weighted by Crippen LogP contribution is -2.22. The Bertz CT molecular complexity index is 301. The van der Waals surface area contributed by atoms with Gasteiger partial charge < -0.3 is 0 Å². The quantitative estimate of drug-likeness (QED) is 0.463. The largest absolute Gasteiger partial charge is 0.317 e. The fraction of sp³-hybridized carbons (Fsp3) is 0. The average molecular weight is 135 g/mol. The number of rotatable bonds is 0. The maximum absolute atomic E-state index is 10.6. The Morgan fingerprint density at radius 1 is 1.10 bits per heavy atom. The molecule has 0 N–H and O–H groups in total. The Morgan fingerprint density at radius 3 is 2.70 bits per heavy atom. The van der Waals surface area contributed by atoms with Crippen LogP contribution in [-0.4, -0.2) is 4.98 Å². The molecule has 1 aromatic heterocycles. The molecule has 0 aliphatic rings. The van der Waals surface area contributed by atoms with Crippen molar-refractivity contribution >= 4 is 0 Å². The van der Waals surface area contributed by atoms with Gasteiger partial charge in [-0.25, -0.2) is 4.98 Å². The minimum atomic E-state index is -0.722. The summed E-state index contributed by atoms with van der Waals surface area (Å²) < 4.78 is 0. The smallest absolute Gasteiger partial charge is 0.284 e. The van der Waals surface area contributed by atoms with E-state index in [1.165, 1.54) is 18.3 Å². The molecule has 0 radical (unpaired) electrons. The monoisotopic (exact) mass is 135 g/mol. The minimum absolute atomic E-state index is 0.583. The molecule has 0 aromatic carbocycles. The third-order valence-corrected chi connectivity index (χ3v) is 0.958. The highest BCUT2D eigenvalue weighted by Crippen LogP contribution is 1.68. The van der Waals surface area contributed by atoms with Crippen molar-refractivity contribution in [2.45, 2.75) is 0 Å². The Morgan fingerprint density at radius 2 is 1.90 bits per heavy atom. The van der Waals surface area contributed by atoms with Crippen molar-refractivity contribution in [3.63, 3.8) is 0 Å². The second kappa shape index (κ2) is 2.87. The van der Waals surface area contributed by atoms with Crippen LogP contribution >= 0.6 is 0 Å². The van der Waals surface area contributed by atoms with E-state index in [0.29, 0.717) is 0 Å². The Hall–Kier alpha value is -1.51. The van der Waals surface area contributed by atoms with Crippen LogP contribution in [0.25, 0.3) is 0 Å². The first kappa shape index (κ1) is 6.61. The van der Waals surface area contributed by atoms with Gasteiger partial charge in [-0.05, 0) is 12.1 Å². The van der Waals surface area contributed by atoms with Crippen LogP contribution < -0.4 is 11.0 Å². The van der Waals surface area contributed by atoms with Gasteiger partial charge in [0.1, 0.15) is 0 Å². The molecule has 0 fully saturated rings. The van der Waals surface area contributed by atoms with Crippen molar-refractivity contribution in [1.29, 1.82) is 0 Å². The van der Waals surface area contributed by atoms with E-state index < -0.39 is 11.0 Å². The number of nitrogens with zero attached hydrogens (tertiary/aromatic N) is 1. The van der Waals surface area contributed by atoms with Crippen molar-refractivity contribution in [3.05, 3.63) is 51.0 Å². The first-order valence-corrected chi connectivity index (χ1v) is 2.76. The van der Waals surface area contributed by atoms with Crippen molar-refractivity contribution in [2.24, 2.45) is 0 Å². The molecule has 0 aliphatic carbocycles. The first-order chi connectivity index (χ1) is 4.80. The van der Waals surface area contributed by atoms with Crippen molar-refractivity contribution in [2.75, 3.05) is 0 Å². The van der Waals surface area contributed by atoms with Gasteiger partial charge in [0.2, 0.25) is 5.43 Å². The van der Waals surface area contributed by atoms with Crippen LogP contribution in [-0.2, 0) is 0 Å². The predicted molar refractivity (Wildman–Crippen MR) is 36.8 cm³/mol. The van der Waals surface area contributed by atoms with Gasteiger partial charge >= 0.3 is 5.56 Å². The lowest BCUT2D eigenvalue weighted by Gasteiger charge is -1.70. The van der Waals surface area contributed by atoms with Crippen molar-refractivity contribution < 1.29 is 0 Å². The summed E-state index contributed by atoms with van der Waals surface area (Å²) in [6.45, 7) is 0. The van der Waals surface area contributed by atoms with E-state index in [-0.39, 0.29) is 0 Å². The van der Waals surface area contributed by atoms with Crippen LogP contribution in [0.1, 0.15) is 0 Å². The van der Waals surface area contributed by atoms with Crippen LogP contribution in [0.5, 0.6) is 0 Å². The summed E-state index contributed by atoms with van der Waals surface area (Å²) in [5.41, 5.74) is -1.30. The normalized spacial score (nSPS) is 8.80. The molecule has 0 saturated carbocycles. The lowest BCUT2D eigenvalue weighted by molar-refractivity contribution is 1.22. The zero-order valence-electron chi connectivity index (χ0n) is 5.15. The van der Waals surface area contributed by atoms with Gasteiger partial charge in [-0.1, -0.05) is 12.1 Å². The standard InChI is InChI=1S/C7H5NO2/c9-6-4-2-1-3-5-8-7(6)10/h1-5H. The van der Waals surface area contributed by atoms with Gasteiger partial charge in [0, 0.05) is 6.20 Å². The highest BCUT2D eigenvalue weighted by atomic mass is 16.2. The molecule has 0 spiro atoms. The number of hydrogen-bond donors (Lipinski definition) is 0. The Balaban J connectivity index is 3.52. The molecule has 0 bridgehead atoms. The molecule has 3 heteroatoms. The SMILES string of the molecule is O=c1cccccnc1=O. The highest BCUT2D eigenvalue weighted by Gasteiger charge is 1.83. The predicted octanol–water partition coefficient (Wildman–Crippen LogP) is -0.198. The van der Waals surface area contributed by atoms with E-state index in [0.717, 1.165) is 0 Å². The van der Waals surface area contributed by atoms with E-state index in [9.17, 15) is 9.59 Å². The van der Waals surface area contributed by atoms with E-state index in [1.807, 2.05) is 0 Å². The molecule has 0 aliphatic heterocycles. The average Bonchev–Trinajstić information content (AvgIpc) is 1.92. The molecule has 1 aromatic rings. The van der Waals surface area contributed by atoms with Gasteiger partial charge in [0.05, 0.1) is 0 Å². The van der Waals surface area contributed by atoms with E-state index in [2.05, 4.69) is 4.98 Å². The van der Waals surface area contributed by atoms with Crippen LogP contribution in [0, 0.1) is 0 Å². The molecule has 1 rings (SSSR count). The molecule has 50 valence electrons. The molecule has 10 heavy (non-hydrogen) atoms. The third-order valence-electron chi connectivity index (χ3n) is 0.958. The summed E-state index contributed by atoms with van der Waals surface area (Å²) in [5, 5.41) is 0. The van der Waals surface area contributed by atoms with Crippen LogP contribution in [0.2, 0.25) is 0 Å². The van der Waals surface area contributed by atoms with E-state index >= 15 is 0 Å². The zero-order valence-corrected chi connectivity index (χ0v) is 5.15. The molecular formula is C7H5NO2. The number of hydrogen-bond acceptors (Lipinski definition) is 3. The second-order valence-electron chi connectivity index (χ2n) is 1.69. The summed E-state index contributed by atoms with van der Waals surface area (Å²) >= 11 is 0. The fourth-order valence-electron chi connectivity index (χ4n) is 0.502. The maximum atomic E-state index is 10.6. The van der Waals surface area contributed by atoms with Gasteiger partial charge in [-0.2, -0.15) is 0 Å². The molecule has 0 saturated heterocycles. The second-order valence-corrected chi connectivity index (χ2v) is 1.69. The highest BCUT2D eigenvalue weighted by molar-refractivity contribution is 4.93. The molecule has 0 unspecified atom stereocenters. The van der Waals surface area contributed by atoms with E-state index in [1.54, 1.807) is 12.1 Å². The summed E-state index contributed by atoms with van der Waals surface area (Å²) in [6, 6.07) is 5.91. The maximum Gasteiger partial charge on any atom is 0.317 e. The van der Waals surface area contributed by atoms with Crippen molar-refractivity contribution in [3.8, 4) is 0 Å². The molecule has 1 heterocycles. The molecular weight excluding hydrogens is 130 g/mol. The molecule has 0 atom stereocenters. The van der Waals surface area contributed by atoms with Gasteiger partial charge in [-0.15, -0.1) is 0 Å². The van der Waals surface area contributed by atoms with Gasteiger partial charge in [0.15, 0.2) is 0 Å². The molecule has 3 nitrogen and oxygen atoms in total. The Labute approximate surface area is 57.0 Å². The number of aromatic nitrogens is 1. The summed E-state index contributed by atoms with van der Waals surface area (Å²) in [5.74, 6) is 0. The van der Waals surface area contributed by atoms with Crippen LogP contribution in [0.3, 0.4) is 0 Å². The topological polar surface area (TPSA) is 47.0 Å². The van der Waals surface area contributed by atoms with E-state index in [4.69, 9.17) is 0 Å². The van der Waals surface area contributed by atoms with Gasteiger partial charge in [0.25, 0.3) is 0 Å². The zero-order chi connectivity index (χ0) is 7.40.